The lowest BCUT2D eigenvalue weighted by atomic mass is 10.1. The quantitative estimate of drug-likeness (QED) is 0.850. The maximum atomic E-state index is 5.61. The van der Waals surface area contributed by atoms with E-state index in [0.29, 0.717) is 0 Å². The third-order valence-corrected chi connectivity index (χ3v) is 4.10. The lowest BCUT2D eigenvalue weighted by Crippen LogP contribution is -2.43. The average Bonchev–Trinajstić information content (AvgIpc) is 2.75. The number of hydrogen-bond donors (Lipinski definition) is 0. The second-order valence-corrected chi connectivity index (χ2v) is 5.90. The molecular weight excluding hydrogens is 292 g/mol. The van der Waals surface area contributed by atoms with Crippen LogP contribution in [0.15, 0.2) is 33.4 Å². The van der Waals surface area contributed by atoms with Crippen LogP contribution in [0.4, 0.5) is 0 Å². The number of rotatable bonds is 2. The van der Waals surface area contributed by atoms with Crippen molar-refractivity contribution in [2.75, 3.05) is 33.2 Å². The molecule has 96 valence electrons. The van der Waals surface area contributed by atoms with Crippen molar-refractivity contribution in [2.24, 2.45) is 0 Å². The molecule has 0 aliphatic carbocycles. The molecule has 0 spiro atoms. The van der Waals surface area contributed by atoms with E-state index in [1.54, 1.807) is 0 Å². The van der Waals surface area contributed by atoms with E-state index in [0.717, 1.165) is 42.8 Å². The Bertz CT molecular complexity index is 544. The van der Waals surface area contributed by atoms with Gasteiger partial charge in [-0.2, -0.15) is 0 Å². The topological polar surface area (TPSA) is 19.6 Å². The molecule has 0 N–H and O–H groups in total. The van der Waals surface area contributed by atoms with E-state index < -0.39 is 0 Å². The summed E-state index contributed by atoms with van der Waals surface area (Å²) in [4.78, 5) is 4.87. The summed E-state index contributed by atoms with van der Waals surface area (Å²) in [5, 5.41) is 1.23. The molecule has 3 nitrogen and oxygen atoms in total. The van der Waals surface area contributed by atoms with Crippen LogP contribution >= 0.6 is 15.9 Å². The highest BCUT2D eigenvalue weighted by Crippen LogP contribution is 2.26. The number of benzene rings is 1. The second kappa shape index (κ2) is 5.03. The first-order chi connectivity index (χ1) is 8.72. The largest absolute Gasteiger partial charge is 0.464 e. The molecule has 0 bridgehead atoms. The van der Waals surface area contributed by atoms with Crippen LogP contribution in [0.25, 0.3) is 11.0 Å². The van der Waals surface area contributed by atoms with Crippen LogP contribution in [0.5, 0.6) is 0 Å². The van der Waals surface area contributed by atoms with Crippen molar-refractivity contribution < 1.29 is 4.42 Å². The van der Waals surface area contributed by atoms with Gasteiger partial charge in [0.1, 0.15) is 5.58 Å². The molecule has 3 rings (SSSR count). The highest BCUT2D eigenvalue weighted by Gasteiger charge is 2.16. The normalized spacial score (nSPS) is 18.6. The monoisotopic (exact) mass is 308 g/mol. The van der Waals surface area contributed by atoms with Crippen molar-refractivity contribution in [3.63, 3.8) is 0 Å². The van der Waals surface area contributed by atoms with Crippen molar-refractivity contribution in [3.05, 3.63) is 34.5 Å². The van der Waals surface area contributed by atoms with E-state index in [4.69, 9.17) is 4.42 Å². The smallest absolute Gasteiger partial charge is 0.134 e. The minimum Gasteiger partial charge on any atom is -0.464 e. The Morgan fingerprint density at radius 1 is 1.22 bits per heavy atom. The minimum atomic E-state index is 0.974. The van der Waals surface area contributed by atoms with Gasteiger partial charge in [-0.05, 0) is 25.2 Å². The molecule has 1 saturated heterocycles. The van der Waals surface area contributed by atoms with Crippen molar-refractivity contribution in [3.8, 4) is 0 Å². The molecule has 1 fully saturated rings. The Morgan fingerprint density at radius 2 is 2.00 bits per heavy atom. The number of piperazine rings is 1. The van der Waals surface area contributed by atoms with Gasteiger partial charge in [0.15, 0.2) is 0 Å². The van der Waals surface area contributed by atoms with Gasteiger partial charge < -0.3 is 9.32 Å². The molecular formula is C14H17BrN2O. The standard InChI is InChI=1S/C14H17BrN2O/c1-16-4-6-17(7-5-16)9-11-10-18-14-3-2-12(15)8-13(11)14/h2-3,8,10H,4-7,9H2,1H3. The van der Waals surface area contributed by atoms with Crippen molar-refractivity contribution >= 4 is 26.9 Å². The average molecular weight is 309 g/mol. The van der Waals surface area contributed by atoms with E-state index in [-0.39, 0.29) is 0 Å². The Labute approximate surface area is 115 Å². The Kier molecular flexibility index (Phi) is 3.41. The Morgan fingerprint density at radius 3 is 2.78 bits per heavy atom. The molecule has 0 atom stereocenters. The molecule has 0 saturated carbocycles. The SMILES string of the molecule is CN1CCN(Cc2coc3ccc(Br)cc23)CC1. The van der Waals surface area contributed by atoms with E-state index in [2.05, 4.69) is 38.8 Å². The van der Waals surface area contributed by atoms with Crippen molar-refractivity contribution in [1.82, 2.24) is 9.80 Å². The van der Waals surface area contributed by atoms with Gasteiger partial charge in [-0.15, -0.1) is 0 Å². The van der Waals surface area contributed by atoms with Crippen LogP contribution in [-0.2, 0) is 6.54 Å². The number of fused-ring (bicyclic) bond motifs is 1. The number of likely N-dealkylation sites (N-methyl/N-ethyl adjacent to an activating group) is 1. The first-order valence-corrected chi connectivity index (χ1v) is 7.08. The van der Waals surface area contributed by atoms with Gasteiger partial charge in [0, 0.05) is 48.1 Å². The Balaban J connectivity index is 1.80. The lowest BCUT2D eigenvalue weighted by molar-refractivity contribution is 0.148. The molecule has 1 aromatic carbocycles. The molecule has 1 aliphatic heterocycles. The van der Waals surface area contributed by atoms with Gasteiger partial charge in [-0.1, -0.05) is 15.9 Å². The van der Waals surface area contributed by atoms with Crippen LogP contribution < -0.4 is 0 Å². The van der Waals surface area contributed by atoms with E-state index in [1.807, 2.05) is 18.4 Å². The first kappa shape index (κ1) is 12.2. The van der Waals surface area contributed by atoms with Gasteiger partial charge in [0.05, 0.1) is 6.26 Å². The van der Waals surface area contributed by atoms with Gasteiger partial charge in [-0.3, -0.25) is 4.90 Å². The molecule has 2 heterocycles. The first-order valence-electron chi connectivity index (χ1n) is 6.29. The zero-order chi connectivity index (χ0) is 12.5. The number of halogens is 1. The Hall–Kier alpha value is -0.840. The number of furan rings is 1. The van der Waals surface area contributed by atoms with E-state index in [9.17, 15) is 0 Å². The summed E-state index contributed by atoms with van der Waals surface area (Å²) in [5.74, 6) is 0. The number of hydrogen-bond acceptors (Lipinski definition) is 3. The molecule has 1 aliphatic rings. The van der Waals surface area contributed by atoms with Crippen molar-refractivity contribution in [2.45, 2.75) is 6.54 Å². The van der Waals surface area contributed by atoms with Crippen LogP contribution in [0, 0.1) is 0 Å². The van der Waals surface area contributed by atoms with Crippen molar-refractivity contribution in [1.29, 1.82) is 0 Å². The van der Waals surface area contributed by atoms with Gasteiger partial charge in [0.25, 0.3) is 0 Å². The van der Waals surface area contributed by atoms with Gasteiger partial charge in [0.2, 0.25) is 0 Å². The third-order valence-electron chi connectivity index (χ3n) is 3.61. The maximum Gasteiger partial charge on any atom is 0.134 e. The van der Waals surface area contributed by atoms with Crippen LogP contribution in [0.2, 0.25) is 0 Å². The highest BCUT2D eigenvalue weighted by atomic mass is 79.9. The molecule has 2 aromatic rings. The molecule has 0 radical (unpaired) electrons. The summed E-state index contributed by atoms with van der Waals surface area (Å²) in [6.45, 7) is 5.56. The summed E-state index contributed by atoms with van der Waals surface area (Å²) in [5.41, 5.74) is 2.26. The molecule has 4 heteroatoms. The second-order valence-electron chi connectivity index (χ2n) is 4.98. The minimum absolute atomic E-state index is 0.974. The summed E-state index contributed by atoms with van der Waals surface area (Å²) in [6.07, 6.45) is 1.90. The van der Waals surface area contributed by atoms with Crippen LogP contribution in [0.1, 0.15) is 5.56 Å². The fraction of sp³-hybridized carbons (Fsp3) is 0.429. The molecule has 1 aromatic heterocycles. The predicted octanol–water partition coefficient (Wildman–Crippen LogP) is 2.94. The molecule has 18 heavy (non-hydrogen) atoms. The van der Waals surface area contributed by atoms with Gasteiger partial charge >= 0.3 is 0 Å². The predicted molar refractivity (Wildman–Crippen MR) is 76.7 cm³/mol. The number of nitrogens with zero attached hydrogens (tertiary/aromatic N) is 2. The fourth-order valence-corrected chi connectivity index (χ4v) is 2.78. The van der Waals surface area contributed by atoms with Crippen LogP contribution in [-0.4, -0.2) is 43.0 Å². The summed E-state index contributed by atoms with van der Waals surface area (Å²) >= 11 is 3.52. The molecule has 0 amide bonds. The van der Waals surface area contributed by atoms with E-state index >= 15 is 0 Å². The maximum absolute atomic E-state index is 5.61. The highest BCUT2D eigenvalue weighted by molar-refractivity contribution is 9.10. The van der Waals surface area contributed by atoms with Crippen LogP contribution in [0.3, 0.4) is 0 Å². The summed E-state index contributed by atoms with van der Waals surface area (Å²) < 4.78 is 6.72. The summed E-state index contributed by atoms with van der Waals surface area (Å²) in [6, 6.07) is 6.18. The zero-order valence-corrected chi connectivity index (χ0v) is 12.1. The fourth-order valence-electron chi connectivity index (χ4n) is 2.42. The molecule has 0 unspecified atom stereocenters. The lowest BCUT2D eigenvalue weighted by Gasteiger charge is -2.32. The van der Waals surface area contributed by atoms with E-state index in [1.165, 1.54) is 10.9 Å². The summed E-state index contributed by atoms with van der Waals surface area (Å²) in [7, 11) is 2.18. The third kappa shape index (κ3) is 2.46. The zero-order valence-electron chi connectivity index (χ0n) is 10.5. The van der Waals surface area contributed by atoms with Gasteiger partial charge in [-0.25, -0.2) is 0 Å².